The van der Waals surface area contributed by atoms with E-state index in [1.807, 2.05) is 0 Å². The van der Waals surface area contributed by atoms with Crippen LogP contribution in [0.25, 0.3) is 10.9 Å². The third kappa shape index (κ3) is 11.8. The lowest BCUT2D eigenvalue weighted by molar-refractivity contribution is -0.143. The molecular weight excluding hydrogens is 644 g/mol. The number of primary amides is 1. The summed E-state index contributed by atoms with van der Waals surface area (Å²) in [6.07, 6.45) is -1.63. The van der Waals surface area contributed by atoms with E-state index in [4.69, 9.17) is 10.8 Å². The fraction of sp³-hybridized carbons (Fsp3) is 0.312. The van der Waals surface area contributed by atoms with E-state index < -0.39 is 97.3 Å². The number of fused-ring (bicyclic) bond motifs is 1. The van der Waals surface area contributed by atoms with Crippen molar-refractivity contribution in [2.24, 2.45) is 5.73 Å². The number of nitrogens with two attached hydrogens (primary N) is 1. The second-order valence-corrected chi connectivity index (χ2v) is 11.0. The van der Waals surface area contributed by atoms with Gasteiger partial charge in [0.25, 0.3) is 0 Å². The number of carboxylic acid groups (broad SMARTS) is 3. The van der Waals surface area contributed by atoms with E-state index >= 15 is 0 Å². The van der Waals surface area contributed by atoms with Crippen molar-refractivity contribution >= 4 is 58.3 Å². The summed E-state index contributed by atoms with van der Waals surface area (Å²) in [5.74, 6) is -9.47. The number of para-hydroxylation sites is 1. The topological polar surface area (TPSA) is 287 Å². The number of carboxylic acids is 3. The van der Waals surface area contributed by atoms with Crippen molar-refractivity contribution in [1.82, 2.24) is 26.3 Å². The molecule has 3 aromatic rings. The van der Waals surface area contributed by atoms with Crippen LogP contribution in [0.15, 0.2) is 60.8 Å². The van der Waals surface area contributed by atoms with Gasteiger partial charge in [0.2, 0.25) is 29.5 Å². The lowest BCUT2D eigenvalue weighted by atomic mass is 10.0. The molecule has 0 aliphatic rings. The van der Waals surface area contributed by atoms with E-state index in [9.17, 15) is 48.6 Å². The Labute approximate surface area is 278 Å². The van der Waals surface area contributed by atoms with E-state index in [1.165, 1.54) is 0 Å². The van der Waals surface area contributed by atoms with Crippen molar-refractivity contribution in [2.75, 3.05) is 0 Å². The van der Waals surface area contributed by atoms with E-state index in [0.717, 1.165) is 0 Å². The minimum atomic E-state index is -1.87. The van der Waals surface area contributed by atoms with Gasteiger partial charge in [-0.25, -0.2) is 0 Å². The molecule has 4 atom stereocenters. The first-order chi connectivity index (χ1) is 23.2. The maximum absolute atomic E-state index is 13.5. The first-order valence-electron chi connectivity index (χ1n) is 15.0. The molecule has 2 aromatic carbocycles. The predicted molar refractivity (Wildman–Crippen MR) is 170 cm³/mol. The fourth-order valence-corrected chi connectivity index (χ4v) is 4.87. The van der Waals surface area contributed by atoms with Gasteiger partial charge in [-0.05, 0) is 17.2 Å². The number of aliphatic carboxylic acids is 3. The van der Waals surface area contributed by atoms with Crippen LogP contribution in [0.1, 0.15) is 36.8 Å². The molecule has 10 N–H and O–H groups in total. The van der Waals surface area contributed by atoms with Gasteiger partial charge in [0.15, 0.2) is 0 Å². The number of hydrogen-bond donors (Lipinski definition) is 9. The summed E-state index contributed by atoms with van der Waals surface area (Å²) in [5, 5.41) is 37.7. The molecule has 0 fully saturated rings. The molecule has 0 saturated carbocycles. The molecule has 3 rings (SSSR count). The number of H-pyrrole nitrogens is 1. The Hall–Kier alpha value is -6.26. The highest BCUT2D eigenvalue weighted by Crippen LogP contribution is 2.19. The molecule has 0 unspecified atom stereocenters. The second-order valence-electron chi connectivity index (χ2n) is 11.0. The first-order valence-corrected chi connectivity index (χ1v) is 15.0. The van der Waals surface area contributed by atoms with Crippen LogP contribution in [0, 0.1) is 0 Å². The van der Waals surface area contributed by atoms with Gasteiger partial charge in [0, 0.05) is 36.4 Å². The van der Waals surface area contributed by atoms with Crippen molar-refractivity contribution in [3.63, 3.8) is 0 Å². The number of rotatable bonds is 19. The number of benzene rings is 2. The maximum atomic E-state index is 13.5. The summed E-state index contributed by atoms with van der Waals surface area (Å²) in [4.78, 5) is 102. The largest absolute Gasteiger partial charge is 0.481 e. The molecule has 0 bridgehead atoms. The third-order valence-electron chi connectivity index (χ3n) is 7.28. The summed E-state index contributed by atoms with van der Waals surface area (Å²) < 4.78 is 0. The lowest BCUT2D eigenvalue weighted by Crippen LogP contribution is -2.59. The maximum Gasteiger partial charge on any atom is 0.305 e. The van der Waals surface area contributed by atoms with Crippen LogP contribution in [0.3, 0.4) is 0 Å². The number of carbonyl (C=O) groups excluding carboxylic acids is 5. The van der Waals surface area contributed by atoms with Gasteiger partial charge in [-0.1, -0.05) is 48.5 Å². The quantitative estimate of drug-likeness (QED) is 0.0755. The van der Waals surface area contributed by atoms with E-state index in [0.29, 0.717) is 22.0 Å². The average Bonchev–Trinajstić information content (AvgIpc) is 3.45. The number of hydrogen-bond acceptors (Lipinski definition) is 8. The Balaban J connectivity index is 1.82. The van der Waals surface area contributed by atoms with Gasteiger partial charge in [0.1, 0.15) is 24.2 Å². The van der Waals surface area contributed by atoms with Crippen molar-refractivity contribution in [3.8, 4) is 0 Å². The molecule has 0 radical (unpaired) electrons. The Morgan fingerprint density at radius 1 is 0.612 bits per heavy atom. The zero-order chi connectivity index (χ0) is 36.1. The summed E-state index contributed by atoms with van der Waals surface area (Å²) >= 11 is 0. The summed E-state index contributed by atoms with van der Waals surface area (Å²) in [5.41, 5.74) is 7.33. The Morgan fingerprint density at radius 3 is 1.69 bits per heavy atom. The van der Waals surface area contributed by atoms with E-state index in [1.54, 1.807) is 60.8 Å². The van der Waals surface area contributed by atoms with Crippen LogP contribution in [0.5, 0.6) is 0 Å². The number of nitrogens with one attached hydrogen (secondary N) is 5. The second kappa shape index (κ2) is 17.6. The molecule has 5 amide bonds. The standard InChI is InChI=1S/C32H36N6O11/c33-29(46)21(12-17-6-2-1-3-7-17)36-31(48)23(14-27(42)43)38-32(49)24(15-28(44)45)37-30(47)22(35-25(39)10-11-26(40)41)13-18-16-34-20-9-5-4-8-19(18)20/h1-9,16,21-24,34H,10-15H2,(H2,33,46)(H,35,39)(H,36,48)(H,37,47)(H,38,49)(H,40,41)(H,42,43)(H,44,45)/t21-,22-,23-,24-/m0/s1. The highest BCUT2D eigenvalue weighted by Gasteiger charge is 2.33. The van der Waals surface area contributed by atoms with Crippen LogP contribution >= 0.6 is 0 Å². The number of aromatic nitrogens is 1. The molecular formula is C32H36N6O11. The monoisotopic (exact) mass is 680 g/mol. The van der Waals surface area contributed by atoms with E-state index in [2.05, 4.69) is 26.3 Å². The lowest BCUT2D eigenvalue weighted by Gasteiger charge is -2.25. The van der Waals surface area contributed by atoms with Gasteiger partial charge < -0.3 is 47.3 Å². The molecule has 17 nitrogen and oxygen atoms in total. The van der Waals surface area contributed by atoms with Gasteiger partial charge in [-0.3, -0.25) is 38.4 Å². The molecule has 1 heterocycles. The molecule has 17 heteroatoms. The highest BCUT2D eigenvalue weighted by molar-refractivity contribution is 5.98. The van der Waals surface area contributed by atoms with Crippen molar-refractivity contribution in [2.45, 2.75) is 62.7 Å². The van der Waals surface area contributed by atoms with Crippen molar-refractivity contribution in [1.29, 1.82) is 0 Å². The molecule has 0 aliphatic heterocycles. The third-order valence-corrected chi connectivity index (χ3v) is 7.28. The first kappa shape index (κ1) is 37.2. The molecule has 1 aromatic heterocycles. The van der Waals surface area contributed by atoms with Crippen LogP contribution in [-0.4, -0.2) is 91.9 Å². The molecule has 260 valence electrons. The zero-order valence-electron chi connectivity index (χ0n) is 26.0. The predicted octanol–water partition coefficient (Wildman–Crippen LogP) is -0.808. The van der Waals surface area contributed by atoms with Crippen molar-refractivity contribution < 1.29 is 53.7 Å². The molecule has 0 aliphatic carbocycles. The summed E-state index contributed by atoms with van der Waals surface area (Å²) in [6, 6.07) is 9.04. The van der Waals surface area contributed by atoms with Gasteiger partial charge in [0.05, 0.1) is 19.3 Å². The van der Waals surface area contributed by atoms with Crippen LogP contribution in [0.4, 0.5) is 0 Å². The molecule has 0 saturated heterocycles. The van der Waals surface area contributed by atoms with Gasteiger partial charge >= 0.3 is 17.9 Å². The number of aromatic amines is 1. The molecule has 49 heavy (non-hydrogen) atoms. The normalized spacial score (nSPS) is 13.2. The van der Waals surface area contributed by atoms with Crippen LogP contribution < -0.4 is 27.0 Å². The van der Waals surface area contributed by atoms with Gasteiger partial charge in [-0.15, -0.1) is 0 Å². The molecule has 0 spiro atoms. The number of carbonyl (C=O) groups is 8. The smallest absolute Gasteiger partial charge is 0.305 e. The fourth-order valence-electron chi connectivity index (χ4n) is 4.87. The average molecular weight is 681 g/mol. The van der Waals surface area contributed by atoms with Gasteiger partial charge in [-0.2, -0.15) is 0 Å². The SMILES string of the molecule is NC(=O)[C@H](Cc1ccccc1)NC(=O)[C@H](CC(=O)O)NC(=O)[C@H](CC(=O)O)NC(=O)[C@H](Cc1c[nH]c2ccccc12)NC(=O)CCC(=O)O. The Kier molecular flexibility index (Phi) is 13.4. The number of amides is 5. The minimum Gasteiger partial charge on any atom is -0.481 e. The zero-order valence-corrected chi connectivity index (χ0v) is 26.0. The van der Waals surface area contributed by atoms with E-state index in [-0.39, 0.29) is 12.8 Å². The minimum absolute atomic E-state index is 0.0522. The Bertz CT molecular complexity index is 1710. The van der Waals surface area contributed by atoms with Crippen molar-refractivity contribution in [3.05, 3.63) is 71.9 Å². The highest BCUT2D eigenvalue weighted by atomic mass is 16.4. The van der Waals surface area contributed by atoms with Crippen LogP contribution in [0.2, 0.25) is 0 Å². The Morgan fingerprint density at radius 2 is 1.14 bits per heavy atom. The van der Waals surface area contributed by atoms with Crippen LogP contribution in [-0.2, 0) is 51.2 Å². The summed E-state index contributed by atoms with van der Waals surface area (Å²) in [6.45, 7) is 0. The summed E-state index contributed by atoms with van der Waals surface area (Å²) in [7, 11) is 0.